The van der Waals surface area contributed by atoms with Crippen LogP contribution >= 0.6 is 12.4 Å². The molecule has 2 heterocycles. The molecule has 3 rings (SSSR count). The Morgan fingerprint density at radius 3 is 2.60 bits per heavy atom. The molecule has 0 N–H and O–H groups in total. The average molecular weight is 289 g/mol. The molecule has 0 aliphatic heterocycles. The van der Waals surface area contributed by atoms with Crippen molar-refractivity contribution in [3.8, 4) is 0 Å². The number of hydrogen-bond donors (Lipinski definition) is 0. The van der Waals surface area contributed by atoms with E-state index in [-0.39, 0.29) is 18.0 Å². The lowest BCUT2D eigenvalue weighted by atomic mass is 10.2. The summed E-state index contributed by atoms with van der Waals surface area (Å²) >= 11 is 0. The molecule has 0 bridgehead atoms. The Morgan fingerprint density at radius 1 is 1.05 bits per heavy atom. The van der Waals surface area contributed by atoms with Crippen molar-refractivity contribution < 1.29 is 4.57 Å². The van der Waals surface area contributed by atoms with Gasteiger partial charge >= 0.3 is 0 Å². The molecule has 0 radical (unpaired) electrons. The zero-order chi connectivity index (χ0) is 13.1. The number of aryl methyl sites for hydroxylation is 2. The van der Waals surface area contributed by atoms with Crippen LogP contribution in [0.4, 0.5) is 0 Å². The predicted octanol–water partition coefficient (Wildman–Crippen LogP) is 1.81. The van der Waals surface area contributed by atoms with Gasteiger partial charge in [0, 0.05) is 12.1 Å². The van der Waals surface area contributed by atoms with Gasteiger partial charge in [-0.2, -0.15) is 0 Å². The first kappa shape index (κ1) is 14.2. The van der Waals surface area contributed by atoms with Crippen molar-refractivity contribution in [1.29, 1.82) is 0 Å². The minimum Gasteiger partial charge on any atom is -0.292 e. The molecule has 3 aromatic rings. The van der Waals surface area contributed by atoms with Crippen LogP contribution in [-0.4, -0.2) is 9.55 Å². The summed E-state index contributed by atoms with van der Waals surface area (Å²) in [4.78, 5) is 16.6. The van der Waals surface area contributed by atoms with E-state index in [0.717, 1.165) is 12.1 Å². The molecule has 0 aliphatic rings. The zero-order valence-electron chi connectivity index (χ0n) is 10.8. The van der Waals surface area contributed by atoms with Crippen molar-refractivity contribution in [1.82, 2.24) is 9.55 Å². The van der Waals surface area contributed by atoms with Crippen molar-refractivity contribution in [2.45, 2.75) is 13.1 Å². The first-order valence-corrected chi connectivity index (χ1v) is 6.23. The van der Waals surface area contributed by atoms with Crippen LogP contribution in [0, 0.1) is 0 Å². The van der Waals surface area contributed by atoms with Gasteiger partial charge in [0.05, 0.1) is 23.8 Å². The Hall–Kier alpha value is -2.20. The predicted molar refractivity (Wildman–Crippen MR) is 79.9 cm³/mol. The minimum atomic E-state index is 0. The SMILES string of the molecule is Cl.O=c1c2ccccc2ncn1CC[n+]1ccccc1. The molecule has 5 heteroatoms. The Balaban J connectivity index is 0.00000147. The number of rotatable bonds is 3. The highest BCUT2D eigenvalue weighted by Crippen LogP contribution is 2.04. The molecule has 0 saturated heterocycles. The molecule has 1 aromatic carbocycles. The van der Waals surface area contributed by atoms with Gasteiger partial charge in [-0.3, -0.25) is 9.36 Å². The van der Waals surface area contributed by atoms with E-state index in [2.05, 4.69) is 4.98 Å². The van der Waals surface area contributed by atoms with Gasteiger partial charge in [-0.05, 0) is 12.1 Å². The summed E-state index contributed by atoms with van der Waals surface area (Å²) < 4.78 is 3.70. The fourth-order valence-corrected chi connectivity index (χ4v) is 2.07. The molecule has 0 aliphatic carbocycles. The van der Waals surface area contributed by atoms with Crippen LogP contribution < -0.4 is 10.1 Å². The number of benzene rings is 1. The van der Waals surface area contributed by atoms with Crippen molar-refractivity contribution in [3.63, 3.8) is 0 Å². The number of halogens is 1. The summed E-state index contributed by atoms with van der Waals surface area (Å²) in [6.45, 7) is 1.37. The molecule has 0 saturated carbocycles. The fourth-order valence-electron chi connectivity index (χ4n) is 2.07. The smallest absolute Gasteiger partial charge is 0.261 e. The van der Waals surface area contributed by atoms with Gasteiger partial charge in [0.2, 0.25) is 0 Å². The summed E-state index contributed by atoms with van der Waals surface area (Å²) in [5, 5.41) is 0.670. The Bertz CT molecular complexity index is 756. The molecule has 20 heavy (non-hydrogen) atoms. The van der Waals surface area contributed by atoms with Crippen LogP contribution in [0.3, 0.4) is 0 Å². The lowest BCUT2D eigenvalue weighted by molar-refractivity contribution is -0.698. The van der Waals surface area contributed by atoms with E-state index in [1.807, 2.05) is 59.4 Å². The average Bonchev–Trinajstić information content (AvgIpc) is 2.48. The van der Waals surface area contributed by atoms with Gasteiger partial charge in [-0.15, -0.1) is 12.4 Å². The second kappa shape index (κ2) is 6.30. The highest BCUT2D eigenvalue weighted by Gasteiger charge is 2.05. The maximum atomic E-state index is 12.3. The number of aromatic nitrogens is 3. The third-order valence-electron chi connectivity index (χ3n) is 3.11. The second-order valence-corrected chi connectivity index (χ2v) is 4.37. The van der Waals surface area contributed by atoms with Crippen LogP contribution in [0.1, 0.15) is 0 Å². The van der Waals surface area contributed by atoms with E-state index in [0.29, 0.717) is 11.9 Å². The maximum Gasteiger partial charge on any atom is 0.261 e. The van der Waals surface area contributed by atoms with Crippen molar-refractivity contribution in [2.75, 3.05) is 0 Å². The number of hydrogen-bond acceptors (Lipinski definition) is 2. The van der Waals surface area contributed by atoms with Gasteiger partial charge in [0.25, 0.3) is 5.56 Å². The van der Waals surface area contributed by atoms with E-state index < -0.39 is 0 Å². The quantitative estimate of drug-likeness (QED) is 0.690. The van der Waals surface area contributed by atoms with Crippen LogP contribution in [0.2, 0.25) is 0 Å². The number of para-hydroxylation sites is 1. The van der Waals surface area contributed by atoms with Crippen molar-refractivity contribution >= 4 is 23.3 Å². The maximum absolute atomic E-state index is 12.3. The van der Waals surface area contributed by atoms with Gasteiger partial charge in [-0.1, -0.05) is 18.2 Å². The lowest BCUT2D eigenvalue weighted by Gasteiger charge is -2.04. The van der Waals surface area contributed by atoms with Crippen LogP contribution in [-0.2, 0) is 13.1 Å². The van der Waals surface area contributed by atoms with E-state index >= 15 is 0 Å². The van der Waals surface area contributed by atoms with E-state index in [4.69, 9.17) is 0 Å². The van der Waals surface area contributed by atoms with Crippen LogP contribution in [0.15, 0.2) is 66.0 Å². The Morgan fingerprint density at radius 2 is 1.80 bits per heavy atom. The normalized spacial score (nSPS) is 10.2. The number of nitrogens with zero attached hydrogens (tertiary/aromatic N) is 3. The molecule has 0 amide bonds. The minimum absolute atomic E-state index is 0. The number of fused-ring (bicyclic) bond motifs is 1. The Kier molecular flexibility index (Phi) is 4.48. The molecule has 0 spiro atoms. The van der Waals surface area contributed by atoms with E-state index in [9.17, 15) is 4.79 Å². The van der Waals surface area contributed by atoms with Crippen LogP contribution in [0.5, 0.6) is 0 Å². The largest absolute Gasteiger partial charge is 0.292 e. The van der Waals surface area contributed by atoms with Gasteiger partial charge in [0.1, 0.15) is 0 Å². The first-order valence-electron chi connectivity index (χ1n) is 6.23. The molecule has 4 nitrogen and oxygen atoms in total. The van der Waals surface area contributed by atoms with Gasteiger partial charge < -0.3 is 0 Å². The molecule has 0 atom stereocenters. The highest BCUT2D eigenvalue weighted by molar-refractivity contribution is 5.85. The van der Waals surface area contributed by atoms with Crippen molar-refractivity contribution in [3.05, 3.63) is 71.5 Å². The highest BCUT2D eigenvalue weighted by atomic mass is 35.5. The Labute approximate surface area is 122 Å². The fraction of sp³-hybridized carbons (Fsp3) is 0.133. The standard InChI is InChI=1S/C15H14N3O.ClH/c19-15-13-6-2-3-7-14(13)16-12-18(15)11-10-17-8-4-1-5-9-17;/h1-9,12H,10-11H2;1H/q+1;. The van der Waals surface area contributed by atoms with Gasteiger partial charge in [0.15, 0.2) is 18.9 Å². The van der Waals surface area contributed by atoms with Crippen LogP contribution in [0.25, 0.3) is 10.9 Å². The third kappa shape index (κ3) is 2.86. The lowest BCUT2D eigenvalue weighted by Crippen LogP contribution is -2.36. The van der Waals surface area contributed by atoms with Crippen molar-refractivity contribution in [2.24, 2.45) is 0 Å². The first-order chi connectivity index (χ1) is 9.34. The summed E-state index contributed by atoms with van der Waals surface area (Å²) in [6, 6.07) is 13.3. The van der Waals surface area contributed by atoms with Gasteiger partial charge in [-0.25, -0.2) is 9.55 Å². The summed E-state index contributed by atoms with van der Waals surface area (Å²) in [5.74, 6) is 0. The molecule has 0 unspecified atom stereocenters. The summed E-state index contributed by atoms with van der Waals surface area (Å²) in [6.07, 6.45) is 5.59. The summed E-state index contributed by atoms with van der Waals surface area (Å²) in [5.41, 5.74) is 0.762. The topological polar surface area (TPSA) is 38.8 Å². The van der Waals surface area contributed by atoms with E-state index in [1.165, 1.54) is 0 Å². The number of pyridine rings is 1. The molecule has 0 fully saturated rings. The molecular formula is C15H15ClN3O+. The third-order valence-corrected chi connectivity index (χ3v) is 3.11. The van der Waals surface area contributed by atoms with E-state index in [1.54, 1.807) is 10.9 Å². The summed E-state index contributed by atoms with van der Waals surface area (Å²) in [7, 11) is 0. The second-order valence-electron chi connectivity index (χ2n) is 4.37. The zero-order valence-corrected chi connectivity index (χ0v) is 11.7. The molecule has 102 valence electrons. The molecule has 2 aromatic heterocycles. The monoisotopic (exact) mass is 288 g/mol. The molecular weight excluding hydrogens is 274 g/mol.